The molecule has 0 bridgehead atoms. The largest absolute Gasteiger partial charge is 0.461 e. The Morgan fingerprint density at radius 2 is 1.96 bits per heavy atom. The SMILES string of the molecule is CCOC(=O)C(/C=C(\C)CN(C)c1ccccc1)=NC(C)CC. The van der Waals surface area contributed by atoms with Crippen molar-refractivity contribution in [2.24, 2.45) is 4.99 Å². The van der Waals surface area contributed by atoms with Crippen molar-refractivity contribution in [2.75, 3.05) is 25.1 Å². The molecule has 0 radical (unpaired) electrons. The van der Waals surface area contributed by atoms with Gasteiger partial charge in [0.05, 0.1) is 6.61 Å². The van der Waals surface area contributed by atoms with Crippen LogP contribution in [0.1, 0.15) is 34.1 Å². The molecule has 0 spiro atoms. The summed E-state index contributed by atoms with van der Waals surface area (Å²) in [5, 5.41) is 0. The minimum absolute atomic E-state index is 0.102. The molecule has 1 rings (SSSR count). The summed E-state index contributed by atoms with van der Waals surface area (Å²) in [5.74, 6) is -0.352. The van der Waals surface area contributed by atoms with Crippen LogP contribution in [-0.4, -0.2) is 37.9 Å². The predicted molar refractivity (Wildman–Crippen MR) is 97.3 cm³/mol. The lowest BCUT2D eigenvalue weighted by molar-refractivity contribution is -0.134. The monoisotopic (exact) mass is 316 g/mol. The van der Waals surface area contributed by atoms with Gasteiger partial charge in [-0.1, -0.05) is 30.7 Å². The summed E-state index contributed by atoms with van der Waals surface area (Å²) in [7, 11) is 2.03. The number of hydrogen-bond acceptors (Lipinski definition) is 4. The number of likely N-dealkylation sites (N-methyl/N-ethyl adjacent to an activating group) is 1. The molecule has 0 amide bonds. The zero-order valence-corrected chi connectivity index (χ0v) is 14.9. The maximum absolute atomic E-state index is 12.1. The van der Waals surface area contributed by atoms with Crippen LogP contribution < -0.4 is 4.90 Å². The van der Waals surface area contributed by atoms with E-state index in [0.717, 1.165) is 24.2 Å². The van der Waals surface area contributed by atoms with E-state index < -0.39 is 0 Å². The van der Waals surface area contributed by atoms with Crippen molar-refractivity contribution in [3.63, 3.8) is 0 Å². The van der Waals surface area contributed by atoms with Crippen LogP contribution in [0.5, 0.6) is 0 Å². The van der Waals surface area contributed by atoms with E-state index in [1.807, 2.05) is 45.2 Å². The standard InChI is InChI=1S/C19H28N2O2/c1-6-16(4)20-18(19(22)23-7-2)13-15(3)14-21(5)17-11-9-8-10-12-17/h8-13,16H,6-7,14H2,1-5H3/b15-13+,20-18?. The normalized spacial score (nSPS) is 13.6. The number of para-hydroxylation sites is 1. The summed E-state index contributed by atoms with van der Waals surface area (Å²) in [6, 6.07) is 10.3. The molecule has 1 aromatic carbocycles. The Kier molecular flexibility index (Phi) is 8.09. The molecule has 0 heterocycles. The second-order valence-corrected chi connectivity index (χ2v) is 5.67. The number of aliphatic imine (C=N–C) groups is 1. The van der Waals surface area contributed by atoms with Crippen LogP contribution in [-0.2, 0) is 9.53 Å². The summed E-state index contributed by atoms with van der Waals surface area (Å²) in [4.78, 5) is 18.7. The molecule has 4 nitrogen and oxygen atoms in total. The number of carbonyl (C=O) groups excluding carboxylic acids is 1. The van der Waals surface area contributed by atoms with E-state index >= 15 is 0 Å². The molecule has 0 aliphatic heterocycles. The second-order valence-electron chi connectivity index (χ2n) is 5.67. The highest BCUT2D eigenvalue weighted by Gasteiger charge is 2.12. The van der Waals surface area contributed by atoms with Gasteiger partial charge in [0.15, 0.2) is 0 Å². The number of hydrogen-bond donors (Lipinski definition) is 0. The van der Waals surface area contributed by atoms with Crippen LogP contribution in [0.2, 0.25) is 0 Å². The van der Waals surface area contributed by atoms with E-state index in [4.69, 9.17) is 4.74 Å². The Bertz CT molecular complexity index is 550. The highest BCUT2D eigenvalue weighted by Crippen LogP contribution is 2.13. The van der Waals surface area contributed by atoms with Gasteiger partial charge in [-0.25, -0.2) is 4.79 Å². The Morgan fingerprint density at radius 3 is 2.52 bits per heavy atom. The van der Waals surface area contributed by atoms with E-state index in [0.29, 0.717) is 12.3 Å². The van der Waals surface area contributed by atoms with Crippen molar-refractivity contribution in [2.45, 2.75) is 40.2 Å². The number of anilines is 1. The molecule has 1 aromatic rings. The van der Waals surface area contributed by atoms with Crippen LogP contribution >= 0.6 is 0 Å². The number of benzene rings is 1. The van der Waals surface area contributed by atoms with Gasteiger partial charge in [-0.2, -0.15) is 0 Å². The average molecular weight is 316 g/mol. The van der Waals surface area contributed by atoms with E-state index in [1.54, 1.807) is 6.92 Å². The van der Waals surface area contributed by atoms with E-state index in [-0.39, 0.29) is 12.0 Å². The molecule has 0 aromatic heterocycles. The molecular formula is C19H28N2O2. The minimum atomic E-state index is -0.352. The van der Waals surface area contributed by atoms with Crippen molar-refractivity contribution in [3.8, 4) is 0 Å². The Labute approximate surface area is 139 Å². The fraction of sp³-hybridized carbons (Fsp3) is 0.474. The molecular weight excluding hydrogens is 288 g/mol. The quantitative estimate of drug-likeness (QED) is 0.540. The summed E-state index contributed by atoms with van der Waals surface area (Å²) in [6.07, 6.45) is 2.73. The molecule has 1 unspecified atom stereocenters. The van der Waals surface area contributed by atoms with Crippen LogP contribution in [0.15, 0.2) is 47.0 Å². The van der Waals surface area contributed by atoms with Crippen LogP contribution in [0.4, 0.5) is 5.69 Å². The van der Waals surface area contributed by atoms with Gasteiger partial charge in [-0.05, 0) is 45.4 Å². The second kappa shape index (κ2) is 9.82. The van der Waals surface area contributed by atoms with Crippen LogP contribution in [0, 0.1) is 0 Å². The first-order valence-electron chi connectivity index (χ1n) is 8.16. The first-order valence-corrected chi connectivity index (χ1v) is 8.16. The van der Waals surface area contributed by atoms with Crippen molar-refractivity contribution in [1.82, 2.24) is 0 Å². The van der Waals surface area contributed by atoms with Gasteiger partial charge < -0.3 is 9.64 Å². The third kappa shape index (κ3) is 6.68. The number of rotatable bonds is 8. The number of carbonyl (C=O) groups is 1. The van der Waals surface area contributed by atoms with Gasteiger partial charge in [0.2, 0.25) is 0 Å². The molecule has 0 fully saturated rings. The molecule has 1 atom stereocenters. The van der Waals surface area contributed by atoms with Gasteiger partial charge in [0, 0.05) is 25.3 Å². The summed E-state index contributed by atoms with van der Waals surface area (Å²) >= 11 is 0. The predicted octanol–water partition coefficient (Wildman–Crippen LogP) is 3.87. The molecule has 4 heteroatoms. The van der Waals surface area contributed by atoms with Gasteiger partial charge in [0.25, 0.3) is 0 Å². The Balaban J connectivity index is 2.88. The molecule has 126 valence electrons. The Morgan fingerprint density at radius 1 is 1.30 bits per heavy atom. The van der Waals surface area contributed by atoms with E-state index in [9.17, 15) is 4.79 Å². The van der Waals surface area contributed by atoms with E-state index in [1.165, 1.54) is 0 Å². The van der Waals surface area contributed by atoms with Crippen molar-refractivity contribution in [1.29, 1.82) is 0 Å². The van der Waals surface area contributed by atoms with Crippen molar-refractivity contribution >= 4 is 17.4 Å². The van der Waals surface area contributed by atoms with Crippen molar-refractivity contribution < 1.29 is 9.53 Å². The molecule has 0 aliphatic rings. The summed E-state index contributed by atoms with van der Waals surface area (Å²) in [6.45, 7) is 8.94. The molecule has 0 saturated carbocycles. The summed E-state index contributed by atoms with van der Waals surface area (Å²) < 4.78 is 5.11. The Hall–Kier alpha value is -2.10. The zero-order chi connectivity index (χ0) is 17.2. The van der Waals surface area contributed by atoms with Gasteiger partial charge >= 0.3 is 5.97 Å². The minimum Gasteiger partial charge on any atom is -0.461 e. The smallest absolute Gasteiger partial charge is 0.356 e. The molecule has 0 aliphatic carbocycles. The molecule has 0 saturated heterocycles. The first kappa shape index (κ1) is 18.9. The lowest BCUT2D eigenvalue weighted by Gasteiger charge is -2.19. The first-order chi connectivity index (χ1) is 11.0. The van der Waals surface area contributed by atoms with Gasteiger partial charge in [-0.3, -0.25) is 4.99 Å². The lowest BCUT2D eigenvalue weighted by atomic mass is 10.2. The average Bonchev–Trinajstić information content (AvgIpc) is 2.55. The van der Waals surface area contributed by atoms with Crippen LogP contribution in [0.3, 0.4) is 0 Å². The maximum Gasteiger partial charge on any atom is 0.356 e. The van der Waals surface area contributed by atoms with Crippen LogP contribution in [0.25, 0.3) is 0 Å². The third-order valence-corrected chi connectivity index (χ3v) is 3.50. The lowest BCUT2D eigenvalue weighted by Crippen LogP contribution is -2.22. The fourth-order valence-corrected chi connectivity index (χ4v) is 2.11. The number of ether oxygens (including phenoxy) is 1. The number of nitrogens with zero attached hydrogens (tertiary/aromatic N) is 2. The fourth-order valence-electron chi connectivity index (χ4n) is 2.11. The maximum atomic E-state index is 12.1. The summed E-state index contributed by atoms with van der Waals surface area (Å²) in [5.41, 5.74) is 2.60. The molecule has 23 heavy (non-hydrogen) atoms. The highest BCUT2D eigenvalue weighted by atomic mass is 16.5. The van der Waals surface area contributed by atoms with Gasteiger partial charge in [0.1, 0.15) is 5.71 Å². The molecule has 0 N–H and O–H groups in total. The third-order valence-electron chi connectivity index (χ3n) is 3.50. The number of esters is 1. The highest BCUT2D eigenvalue weighted by molar-refractivity contribution is 6.41. The topological polar surface area (TPSA) is 41.9 Å². The van der Waals surface area contributed by atoms with Crippen molar-refractivity contribution in [3.05, 3.63) is 42.0 Å². The van der Waals surface area contributed by atoms with Gasteiger partial charge in [-0.15, -0.1) is 0 Å². The zero-order valence-electron chi connectivity index (χ0n) is 14.9. The van der Waals surface area contributed by atoms with E-state index in [2.05, 4.69) is 28.9 Å².